The molecule has 0 saturated heterocycles. The van der Waals surface area contributed by atoms with E-state index >= 15 is 0 Å². The monoisotopic (exact) mass is 267 g/mol. The molecule has 1 aromatic heterocycles. The quantitative estimate of drug-likeness (QED) is 0.626. The van der Waals surface area contributed by atoms with Crippen molar-refractivity contribution in [3.8, 4) is 0 Å². The van der Waals surface area contributed by atoms with E-state index in [4.69, 9.17) is 4.74 Å². The Balaban J connectivity index is 2.33. The summed E-state index contributed by atoms with van der Waals surface area (Å²) < 4.78 is 7.33. The first kappa shape index (κ1) is 16.2. The van der Waals surface area contributed by atoms with Crippen molar-refractivity contribution >= 4 is 0 Å². The maximum Gasteiger partial charge on any atom is 0.0951 e. The lowest BCUT2D eigenvalue weighted by atomic mass is 10.1. The first-order valence-electron chi connectivity index (χ1n) is 7.50. The number of ether oxygens (including phenoxy) is 1. The van der Waals surface area contributed by atoms with Crippen molar-refractivity contribution in [1.29, 1.82) is 0 Å². The predicted molar refractivity (Wildman–Crippen MR) is 79.3 cm³/mol. The van der Waals surface area contributed by atoms with Gasteiger partial charge in [0.1, 0.15) is 0 Å². The molecule has 1 rings (SSSR count). The van der Waals surface area contributed by atoms with E-state index in [1.807, 2.05) is 12.5 Å². The summed E-state index contributed by atoms with van der Waals surface area (Å²) in [5.74, 6) is 0. The molecule has 0 fully saturated rings. The Bertz CT molecular complexity index is 325. The lowest BCUT2D eigenvalue weighted by molar-refractivity contribution is 0.199. The van der Waals surface area contributed by atoms with Gasteiger partial charge in [-0.3, -0.25) is 0 Å². The van der Waals surface area contributed by atoms with Crippen LogP contribution in [0.5, 0.6) is 0 Å². The molecule has 0 aliphatic carbocycles. The second-order valence-electron chi connectivity index (χ2n) is 5.16. The molecule has 0 aromatic carbocycles. The molecule has 1 heterocycles. The van der Waals surface area contributed by atoms with Gasteiger partial charge in [-0.25, -0.2) is 4.98 Å². The van der Waals surface area contributed by atoms with E-state index in [9.17, 15) is 0 Å². The molecule has 4 heteroatoms. The number of nitrogens with zero attached hydrogens (tertiary/aromatic N) is 2. The number of rotatable bonds is 11. The number of nitrogens with one attached hydrogen (secondary N) is 1. The van der Waals surface area contributed by atoms with Crippen LogP contribution < -0.4 is 5.32 Å². The Morgan fingerprint density at radius 3 is 2.95 bits per heavy atom. The average Bonchev–Trinajstić information content (AvgIpc) is 2.88. The molecule has 1 aromatic rings. The van der Waals surface area contributed by atoms with Crippen molar-refractivity contribution in [3.05, 3.63) is 18.2 Å². The molecule has 0 spiro atoms. The van der Waals surface area contributed by atoms with Crippen LogP contribution in [0.25, 0.3) is 0 Å². The predicted octanol–water partition coefficient (Wildman–Crippen LogP) is 3.15. The molecule has 110 valence electrons. The van der Waals surface area contributed by atoms with Gasteiger partial charge in [-0.2, -0.15) is 0 Å². The van der Waals surface area contributed by atoms with Gasteiger partial charge < -0.3 is 14.6 Å². The molecule has 1 atom stereocenters. The number of unbranched alkanes of at least 4 members (excludes halogenated alkanes) is 3. The highest BCUT2D eigenvalue weighted by molar-refractivity contribution is 4.99. The summed E-state index contributed by atoms with van der Waals surface area (Å²) >= 11 is 0. The second-order valence-corrected chi connectivity index (χ2v) is 5.16. The van der Waals surface area contributed by atoms with Crippen molar-refractivity contribution in [3.63, 3.8) is 0 Å². The van der Waals surface area contributed by atoms with E-state index in [0.717, 1.165) is 19.7 Å². The highest BCUT2D eigenvalue weighted by atomic mass is 16.5. The van der Waals surface area contributed by atoms with Gasteiger partial charge in [0.05, 0.1) is 18.6 Å². The molecule has 1 N–H and O–H groups in total. The van der Waals surface area contributed by atoms with Crippen LogP contribution in [0.15, 0.2) is 12.5 Å². The van der Waals surface area contributed by atoms with Gasteiger partial charge in [0, 0.05) is 32.4 Å². The van der Waals surface area contributed by atoms with E-state index in [0.29, 0.717) is 6.04 Å². The molecule has 0 aliphatic heterocycles. The minimum atomic E-state index is 0.540. The topological polar surface area (TPSA) is 39.1 Å². The summed E-state index contributed by atoms with van der Waals surface area (Å²) in [6.07, 6.45) is 10.5. The fourth-order valence-electron chi connectivity index (χ4n) is 2.26. The van der Waals surface area contributed by atoms with E-state index in [-0.39, 0.29) is 0 Å². The van der Waals surface area contributed by atoms with Gasteiger partial charge >= 0.3 is 0 Å². The van der Waals surface area contributed by atoms with Crippen LogP contribution in [0.1, 0.15) is 57.7 Å². The van der Waals surface area contributed by atoms with Gasteiger partial charge in [-0.15, -0.1) is 0 Å². The van der Waals surface area contributed by atoms with Gasteiger partial charge in [0.15, 0.2) is 0 Å². The molecular formula is C15H29N3O. The first-order chi connectivity index (χ1) is 9.29. The highest BCUT2D eigenvalue weighted by Crippen LogP contribution is 2.17. The van der Waals surface area contributed by atoms with E-state index in [2.05, 4.69) is 28.7 Å². The summed E-state index contributed by atoms with van der Waals surface area (Å²) in [5, 5.41) is 3.37. The van der Waals surface area contributed by atoms with Crippen LogP contribution in [0, 0.1) is 0 Å². The zero-order valence-electron chi connectivity index (χ0n) is 12.7. The van der Waals surface area contributed by atoms with Crippen molar-refractivity contribution in [1.82, 2.24) is 14.9 Å². The average molecular weight is 267 g/mol. The molecule has 0 saturated carbocycles. The van der Waals surface area contributed by atoms with E-state index in [1.54, 1.807) is 7.11 Å². The van der Waals surface area contributed by atoms with Crippen molar-refractivity contribution in [2.24, 2.45) is 0 Å². The standard InChI is InChI=1S/C15H29N3O/c1-4-5-6-7-8-14(2)18-13-17-12-15(18)11-16-9-10-19-3/h12-14,16H,4-11H2,1-3H3. The largest absolute Gasteiger partial charge is 0.383 e. The number of imidazole rings is 1. The number of methoxy groups -OCH3 is 1. The Morgan fingerprint density at radius 2 is 2.21 bits per heavy atom. The summed E-state index contributed by atoms with van der Waals surface area (Å²) in [6.45, 7) is 7.03. The Labute approximate surface area is 117 Å². The van der Waals surface area contributed by atoms with E-state index in [1.165, 1.54) is 37.8 Å². The minimum Gasteiger partial charge on any atom is -0.383 e. The lowest BCUT2D eigenvalue weighted by Gasteiger charge is -2.17. The second kappa shape index (κ2) is 9.98. The molecule has 4 nitrogen and oxygen atoms in total. The summed E-state index contributed by atoms with van der Waals surface area (Å²) in [6, 6.07) is 0.540. The zero-order chi connectivity index (χ0) is 13.9. The number of hydrogen-bond acceptors (Lipinski definition) is 3. The molecule has 1 unspecified atom stereocenters. The van der Waals surface area contributed by atoms with Crippen LogP contribution in [-0.2, 0) is 11.3 Å². The molecule has 19 heavy (non-hydrogen) atoms. The van der Waals surface area contributed by atoms with Crippen LogP contribution >= 0.6 is 0 Å². The van der Waals surface area contributed by atoms with Crippen LogP contribution in [0.4, 0.5) is 0 Å². The van der Waals surface area contributed by atoms with Gasteiger partial charge in [0.2, 0.25) is 0 Å². The number of hydrogen-bond donors (Lipinski definition) is 1. The maximum atomic E-state index is 5.03. The smallest absolute Gasteiger partial charge is 0.0951 e. The van der Waals surface area contributed by atoms with E-state index < -0.39 is 0 Å². The third kappa shape index (κ3) is 6.21. The van der Waals surface area contributed by atoms with Gasteiger partial charge in [-0.1, -0.05) is 32.6 Å². The normalized spacial score (nSPS) is 12.8. The Kier molecular flexibility index (Phi) is 8.50. The first-order valence-corrected chi connectivity index (χ1v) is 7.50. The van der Waals surface area contributed by atoms with Crippen molar-refractivity contribution in [2.45, 2.75) is 58.5 Å². The molecule has 0 bridgehead atoms. The third-order valence-corrected chi connectivity index (χ3v) is 3.49. The Hall–Kier alpha value is -0.870. The number of aromatic nitrogens is 2. The third-order valence-electron chi connectivity index (χ3n) is 3.49. The van der Waals surface area contributed by atoms with Crippen LogP contribution in [0.2, 0.25) is 0 Å². The molecular weight excluding hydrogens is 238 g/mol. The lowest BCUT2D eigenvalue weighted by Crippen LogP contribution is -2.21. The van der Waals surface area contributed by atoms with Crippen LogP contribution in [0.3, 0.4) is 0 Å². The fraction of sp³-hybridized carbons (Fsp3) is 0.800. The minimum absolute atomic E-state index is 0.540. The highest BCUT2D eigenvalue weighted by Gasteiger charge is 2.08. The molecule has 0 radical (unpaired) electrons. The SMILES string of the molecule is CCCCCCC(C)n1cncc1CNCCOC. The fourth-order valence-corrected chi connectivity index (χ4v) is 2.26. The van der Waals surface area contributed by atoms with Gasteiger partial charge in [-0.05, 0) is 13.3 Å². The Morgan fingerprint density at radius 1 is 1.37 bits per heavy atom. The maximum absolute atomic E-state index is 5.03. The van der Waals surface area contributed by atoms with Crippen molar-refractivity contribution < 1.29 is 4.74 Å². The summed E-state index contributed by atoms with van der Waals surface area (Å²) in [7, 11) is 1.73. The molecule has 0 amide bonds. The summed E-state index contributed by atoms with van der Waals surface area (Å²) in [4.78, 5) is 4.28. The van der Waals surface area contributed by atoms with Gasteiger partial charge in [0.25, 0.3) is 0 Å². The van der Waals surface area contributed by atoms with Crippen LogP contribution in [-0.4, -0.2) is 29.8 Å². The zero-order valence-corrected chi connectivity index (χ0v) is 12.7. The summed E-state index contributed by atoms with van der Waals surface area (Å²) in [5.41, 5.74) is 1.26. The molecule has 0 aliphatic rings. The van der Waals surface area contributed by atoms with Crippen molar-refractivity contribution in [2.75, 3.05) is 20.3 Å².